The van der Waals surface area contributed by atoms with E-state index in [0.717, 1.165) is 33.3 Å². The van der Waals surface area contributed by atoms with Gasteiger partial charge in [-0.05, 0) is 60.3 Å². The van der Waals surface area contributed by atoms with Crippen LogP contribution in [0.5, 0.6) is 11.5 Å². The predicted octanol–water partition coefficient (Wildman–Crippen LogP) is 3.98. The van der Waals surface area contributed by atoms with Gasteiger partial charge >= 0.3 is 0 Å². The lowest BCUT2D eigenvalue weighted by atomic mass is 10.1. The fraction of sp³-hybridized carbons (Fsp3) is 0.227. The van der Waals surface area contributed by atoms with Gasteiger partial charge in [-0.3, -0.25) is 9.10 Å². The molecule has 0 saturated carbocycles. The third-order valence-corrected chi connectivity index (χ3v) is 7.87. The molecule has 7 nitrogen and oxygen atoms in total. The normalized spacial score (nSPS) is 12.1. The first-order chi connectivity index (χ1) is 15.3. The van der Waals surface area contributed by atoms with Crippen molar-refractivity contribution in [3.8, 4) is 11.5 Å². The van der Waals surface area contributed by atoms with Crippen LogP contribution in [0.3, 0.4) is 0 Å². The van der Waals surface area contributed by atoms with Crippen molar-refractivity contribution in [1.29, 1.82) is 0 Å². The van der Waals surface area contributed by atoms with E-state index in [-0.39, 0.29) is 9.90 Å². The van der Waals surface area contributed by atoms with Crippen LogP contribution in [0.4, 0.5) is 10.1 Å². The number of amides is 1. The van der Waals surface area contributed by atoms with Gasteiger partial charge in [0.1, 0.15) is 16.6 Å². The first-order valence-electron chi connectivity index (χ1n) is 9.59. The summed E-state index contributed by atoms with van der Waals surface area (Å²) in [5.41, 5.74) is 0.944. The van der Waals surface area contributed by atoms with Crippen LogP contribution in [0.15, 0.2) is 64.2 Å². The van der Waals surface area contributed by atoms with Gasteiger partial charge in [-0.1, -0.05) is 12.1 Å². The smallest absolute Gasteiger partial charge is 0.274 e. The second-order valence-electron chi connectivity index (χ2n) is 6.82. The van der Waals surface area contributed by atoms with E-state index in [1.165, 1.54) is 32.4 Å². The Morgan fingerprint density at radius 3 is 2.38 bits per heavy atom. The number of benzene rings is 2. The summed E-state index contributed by atoms with van der Waals surface area (Å²) < 4.78 is 51.3. The van der Waals surface area contributed by atoms with Gasteiger partial charge in [0, 0.05) is 0 Å². The zero-order chi connectivity index (χ0) is 23.3. The van der Waals surface area contributed by atoms with E-state index in [9.17, 15) is 17.6 Å². The minimum atomic E-state index is -4.01. The molecule has 32 heavy (non-hydrogen) atoms. The summed E-state index contributed by atoms with van der Waals surface area (Å²) in [7, 11) is -0.963. The summed E-state index contributed by atoms with van der Waals surface area (Å²) in [6.07, 6.45) is 0. The fourth-order valence-corrected chi connectivity index (χ4v) is 5.59. The van der Waals surface area contributed by atoms with Crippen molar-refractivity contribution in [2.75, 3.05) is 25.1 Å². The van der Waals surface area contributed by atoms with E-state index in [4.69, 9.17) is 9.47 Å². The Morgan fingerprint density at radius 2 is 1.78 bits per heavy atom. The van der Waals surface area contributed by atoms with Crippen molar-refractivity contribution in [3.63, 3.8) is 0 Å². The summed E-state index contributed by atoms with van der Waals surface area (Å²) in [5.74, 6) is 0.0455. The van der Waals surface area contributed by atoms with E-state index in [0.29, 0.717) is 11.5 Å². The first kappa shape index (κ1) is 23.6. The molecular weight excluding hydrogens is 455 g/mol. The quantitative estimate of drug-likeness (QED) is 0.503. The minimum absolute atomic E-state index is 0.0857. The van der Waals surface area contributed by atoms with Crippen LogP contribution in [-0.4, -0.2) is 35.1 Å². The average Bonchev–Trinajstić information content (AvgIpc) is 3.33. The maximum atomic E-state index is 13.4. The molecule has 0 bridgehead atoms. The number of sulfonamides is 1. The molecule has 1 atom stereocenters. The second-order valence-corrected chi connectivity index (χ2v) is 9.86. The predicted molar refractivity (Wildman–Crippen MR) is 121 cm³/mol. The Kier molecular flexibility index (Phi) is 7.37. The molecule has 1 amide bonds. The highest BCUT2D eigenvalue weighted by Crippen LogP contribution is 2.30. The number of carbonyl (C=O) groups excluding carboxylic acids is 1. The van der Waals surface area contributed by atoms with Crippen LogP contribution in [0.1, 0.15) is 18.5 Å². The lowest BCUT2D eigenvalue weighted by Crippen LogP contribution is -2.41. The van der Waals surface area contributed by atoms with Gasteiger partial charge in [-0.25, -0.2) is 12.8 Å². The lowest BCUT2D eigenvalue weighted by molar-refractivity contribution is -0.120. The van der Waals surface area contributed by atoms with E-state index in [1.54, 1.807) is 36.6 Å². The summed E-state index contributed by atoms with van der Waals surface area (Å²) in [6, 6.07) is 12.8. The van der Waals surface area contributed by atoms with Crippen molar-refractivity contribution in [3.05, 3.63) is 71.4 Å². The van der Waals surface area contributed by atoms with Crippen molar-refractivity contribution in [2.45, 2.75) is 17.2 Å². The van der Waals surface area contributed by atoms with Gasteiger partial charge in [0.05, 0.1) is 25.9 Å². The third kappa shape index (κ3) is 5.20. The van der Waals surface area contributed by atoms with E-state index < -0.39 is 34.3 Å². The number of thiophene rings is 1. The SMILES string of the molecule is COc1ccc(C(C)NC(=O)CN(c2ccc(F)cc2)S(=O)(=O)c2cccs2)cc1OC. The Labute approximate surface area is 190 Å². The van der Waals surface area contributed by atoms with Gasteiger partial charge in [0.2, 0.25) is 5.91 Å². The van der Waals surface area contributed by atoms with E-state index >= 15 is 0 Å². The van der Waals surface area contributed by atoms with Crippen LogP contribution in [0.2, 0.25) is 0 Å². The van der Waals surface area contributed by atoms with Crippen LogP contribution >= 0.6 is 11.3 Å². The molecule has 0 radical (unpaired) electrons. The van der Waals surface area contributed by atoms with Crippen molar-refractivity contribution >= 4 is 33.0 Å². The van der Waals surface area contributed by atoms with E-state index in [1.807, 2.05) is 0 Å². The van der Waals surface area contributed by atoms with Crippen LogP contribution < -0.4 is 19.1 Å². The number of carbonyl (C=O) groups is 1. The average molecular weight is 479 g/mol. The zero-order valence-corrected chi connectivity index (χ0v) is 19.4. The maximum absolute atomic E-state index is 13.4. The first-order valence-corrected chi connectivity index (χ1v) is 11.9. The Morgan fingerprint density at radius 1 is 1.09 bits per heavy atom. The number of nitrogens with zero attached hydrogens (tertiary/aromatic N) is 1. The van der Waals surface area contributed by atoms with Crippen LogP contribution in [0.25, 0.3) is 0 Å². The Hall–Kier alpha value is -3.11. The lowest BCUT2D eigenvalue weighted by Gasteiger charge is -2.24. The number of hydrogen-bond acceptors (Lipinski definition) is 6. The standard InChI is InChI=1S/C22H23FN2O5S2/c1-15(16-6-11-19(29-2)20(13-16)30-3)24-21(26)14-25(18-9-7-17(23)8-10-18)32(27,28)22-5-4-12-31-22/h4-13,15H,14H2,1-3H3,(H,24,26). The molecule has 1 heterocycles. The molecule has 2 aromatic carbocycles. The molecule has 1 N–H and O–H groups in total. The monoisotopic (exact) mass is 478 g/mol. The molecule has 0 aliphatic heterocycles. The van der Waals surface area contributed by atoms with Gasteiger partial charge in [-0.2, -0.15) is 0 Å². The number of halogens is 1. The zero-order valence-electron chi connectivity index (χ0n) is 17.7. The molecule has 3 aromatic rings. The van der Waals surface area contributed by atoms with Gasteiger partial charge in [0.15, 0.2) is 11.5 Å². The summed E-state index contributed by atoms with van der Waals surface area (Å²) in [6.45, 7) is 1.30. The number of anilines is 1. The number of ether oxygens (including phenoxy) is 2. The molecular formula is C22H23FN2O5S2. The molecule has 0 fully saturated rings. The van der Waals surface area contributed by atoms with Gasteiger partial charge in [-0.15, -0.1) is 11.3 Å². The van der Waals surface area contributed by atoms with Gasteiger partial charge < -0.3 is 14.8 Å². The highest BCUT2D eigenvalue weighted by atomic mass is 32.2. The van der Waals surface area contributed by atoms with E-state index in [2.05, 4.69) is 5.32 Å². The minimum Gasteiger partial charge on any atom is -0.493 e. The Balaban J connectivity index is 1.83. The molecule has 0 aliphatic rings. The topological polar surface area (TPSA) is 84.9 Å². The molecule has 1 unspecified atom stereocenters. The summed E-state index contributed by atoms with van der Waals surface area (Å²) >= 11 is 1.04. The largest absolute Gasteiger partial charge is 0.493 e. The molecule has 1 aromatic heterocycles. The van der Waals surface area contributed by atoms with Crippen LogP contribution in [-0.2, 0) is 14.8 Å². The molecule has 0 saturated heterocycles. The second kappa shape index (κ2) is 10.0. The number of rotatable bonds is 9. The summed E-state index contributed by atoms with van der Waals surface area (Å²) in [5, 5.41) is 4.44. The van der Waals surface area contributed by atoms with Gasteiger partial charge in [0.25, 0.3) is 10.0 Å². The molecule has 0 aliphatic carbocycles. The number of nitrogens with one attached hydrogen (secondary N) is 1. The highest BCUT2D eigenvalue weighted by molar-refractivity contribution is 7.94. The maximum Gasteiger partial charge on any atom is 0.274 e. The number of hydrogen-bond donors (Lipinski definition) is 1. The van der Waals surface area contributed by atoms with Crippen molar-refractivity contribution < 1.29 is 27.1 Å². The molecule has 10 heteroatoms. The van der Waals surface area contributed by atoms with Crippen molar-refractivity contribution in [2.24, 2.45) is 0 Å². The fourth-order valence-electron chi connectivity index (χ4n) is 3.06. The molecule has 0 spiro atoms. The van der Waals surface area contributed by atoms with Crippen LogP contribution in [0, 0.1) is 5.82 Å². The summed E-state index contributed by atoms with van der Waals surface area (Å²) in [4.78, 5) is 12.8. The van der Waals surface area contributed by atoms with Crippen molar-refractivity contribution in [1.82, 2.24) is 5.32 Å². The highest BCUT2D eigenvalue weighted by Gasteiger charge is 2.28. The molecule has 3 rings (SSSR count). The Bertz CT molecular complexity index is 1170. The number of methoxy groups -OCH3 is 2. The third-order valence-electron chi connectivity index (χ3n) is 4.73. The molecule has 170 valence electrons.